The molecule has 1 N–H and O–H groups in total. The Kier molecular flexibility index (Phi) is 5.11. The number of nitrogens with one attached hydrogen (secondary N) is 1. The molecule has 2 aromatic carbocycles. The van der Waals surface area contributed by atoms with Crippen molar-refractivity contribution in [2.45, 2.75) is 12.7 Å². The molecule has 0 aliphatic heterocycles. The molecule has 5 aromatic rings. The van der Waals surface area contributed by atoms with Gasteiger partial charge >= 0.3 is 6.18 Å². The number of hydrogen-bond donors (Lipinski definition) is 1. The predicted molar refractivity (Wildman–Crippen MR) is 121 cm³/mol. The van der Waals surface area contributed by atoms with E-state index in [1.54, 1.807) is 16.7 Å². The van der Waals surface area contributed by atoms with Crippen LogP contribution in [-0.4, -0.2) is 20.0 Å². The minimum absolute atomic E-state index is 0.00221. The zero-order valence-electron chi connectivity index (χ0n) is 17.9. The maximum atomic E-state index is 13.8. The molecule has 3 aromatic heterocycles. The van der Waals surface area contributed by atoms with Crippen LogP contribution in [0.2, 0.25) is 0 Å². The molecule has 0 aliphatic rings. The van der Waals surface area contributed by atoms with Crippen LogP contribution in [0.15, 0.2) is 73.1 Å². The monoisotopic (exact) mass is 466 g/mol. The Bertz CT molecular complexity index is 1550. The molecule has 3 heterocycles. The van der Waals surface area contributed by atoms with Gasteiger partial charge in [0.1, 0.15) is 17.2 Å². The highest BCUT2D eigenvalue weighted by Gasteiger charge is 2.30. The number of pyridine rings is 1. The first-order valence-corrected chi connectivity index (χ1v) is 10.4. The number of aryl methyl sites for hydroxylation is 1. The lowest BCUT2D eigenvalue weighted by molar-refractivity contribution is -0.137. The highest BCUT2D eigenvalue weighted by Crippen LogP contribution is 2.30. The lowest BCUT2D eigenvalue weighted by atomic mass is 10.1. The molecule has 0 fully saturated rings. The van der Waals surface area contributed by atoms with Gasteiger partial charge in [-0.05, 0) is 54.1 Å². The number of carbonyl (C=O) groups is 1. The van der Waals surface area contributed by atoms with E-state index in [2.05, 4.69) is 10.3 Å². The van der Waals surface area contributed by atoms with Gasteiger partial charge in [0.2, 0.25) is 0 Å². The minimum Gasteiger partial charge on any atom is -0.336 e. The largest absolute Gasteiger partial charge is 0.416 e. The lowest BCUT2D eigenvalue weighted by Crippen LogP contribution is -2.18. The zero-order chi connectivity index (χ0) is 24.0. The van der Waals surface area contributed by atoms with Crippen LogP contribution in [0.4, 0.5) is 23.2 Å². The molecule has 5 rings (SSSR count). The van der Waals surface area contributed by atoms with E-state index in [1.807, 2.05) is 23.9 Å². The Morgan fingerprint density at radius 2 is 1.85 bits per heavy atom. The summed E-state index contributed by atoms with van der Waals surface area (Å²) in [6, 6.07) is 14.1. The van der Waals surface area contributed by atoms with Gasteiger partial charge in [0, 0.05) is 36.1 Å². The summed E-state index contributed by atoms with van der Waals surface area (Å²) in [6.45, 7) is -0.00221. The average Bonchev–Trinajstić information content (AvgIpc) is 3.33. The summed E-state index contributed by atoms with van der Waals surface area (Å²) >= 11 is 0. The molecule has 0 unspecified atom stereocenters. The van der Waals surface area contributed by atoms with Gasteiger partial charge < -0.3 is 14.5 Å². The van der Waals surface area contributed by atoms with Crippen LogP contribution in [0.3, 0.4) is 0 Å². The van der Waals surface area contributed by atoms with E-state index in [-0.39, 0.29) is 12.2 Å². The molecule has 34 heavy (non-hydrogen) atoms. The Labute approximate surface area is 191 Å². The summed E-state index contributed by atoms with van der Waals surface area (Å²) in [5, 5.41) is 4.10. The number of hydrogen-bond acceptors (Lipinski definition) is 2. The van der Waals surface area contributed by atoms with Crippen LogP contribution in [-0.2, 0) is 19.8 Å². The third-order valence-electron chi connectivity index (χ3n) is 5.66. The average molecular weight is 466 g/mol. The first-order valence-electron chi connectivity index (χ1n) is 10.4. The number of halogens is 4. The molecule has 172 valence electrons. The maximum Gasteiger partial charge on any atom is 0.416 e. The standard InChI is InChI=1S/C25H18F4N4O/c1-32-8-7-16-11-20(13-30-23(16)32)31-24(34)22-12-17-10-19(26)5-6-21(17)33(22)14-15-3-2-4-18(9-15)25(27,28)29/h2-13H,14H2,1H3,(H,31,34). The van der Waals surface area contributed by atoms with Gasteiger partial charge in [-0.15, -0.1) is 0 Å². The molecule has 9 heteroatoms. The van der Waals surface area contributed by atoms with Crippen LogP contribution in [0.1, 0.15) is 21.6 Å². The number of carbonyl (C=O) groups excluding carboxylic acids is 1. The van der Waals surface area contributed by atoms with Crippen LogP contribution < -0.4 is 5.32 Å². The normalized spacial score (nSPS) is 11.9. The van der Waals surface area contributed by atoms with Gasteiger partial charge in [0.25, 0.3) is 5.91 Å². The summed E-state index contributed by atoms with van der Waals surface area (Å²) in [5.74, 6) is -0.963. The second kappa shape index (κ2) is 8.02. The highest BCUT2D eigenvalue weighted by molar-refractivity contribution is 6.07. The summed E-state index contributed by atoms with van der Waals surface area (Å²) in [5.41, 5.74) is 1.52. The summed E-state index contributed by atoms with van der Waals surface area (Å²) in [7, 11) is 1.86. The van der Waals surface area contributed by atoms with E-state index in [9.17, 15) is 22.4 Å². The molecule has 0 radical (unpaired) electrons. The fourth-order valence-corrected chi connectivity index (χ4v) is 4.05. The second-order valence-corrected chi connectivity index (χ2v) is 8.03. The second-order valence-electron chi connectivity index (χ2n) is 8.03. The Morgan fingerprint density at radius 3 is 2.65 bits per heavy atom. The minimum atomic E-state index is -4.48. The SMILES string of the molecule is Cn1ccc2cc(NC(=O)c3cc4cc(F)ccc4n3Cc3cccc(C(F)(F)F)c3)cnc21. The smallest absolute Gasteiger partial charge is 0.336 e. The number of anilines is 1. The van der Waals surface area contributed by atoms with Crippen molar-refractivity contribution in [3.05, 3.63) is 95.7 Å². The van der Waals surface area contributed by atoms with Crippen molar-refractivity contribution in [1.82, 2.24) is 14.1 Å². The molecule has 0 aliphatic carbocycles. The third-order valence-corrected chi connectivity index (χ3v) is 5.66. The number of benzene rings is 2. The fourth-order valence-electron chi connectivity index (χ4n) is 4.05. The first-order chi connectivity index (χ1) is 16.2. The molecule has 1 amide bonds. The molecular weight excluding hydrogens is 448 g/mol. The van der Waals surface area contributed by atoms with Crippen molar-refractivity contribution in [1.29, 1.82) is 0 Å². The fraction of sp³-hybridized carbons (Fsp3) is 0.120. The predicted octanol–water partition coefficient (Wildman–Crippen LogP) is 5.99. The number of aromatic nitrogens is 3. The molecular formula is C25H18F4N4O. The number of rotatable bonds is 4. The Balaban J connectivity index is 1.53. The summed E-state index contributed by atoms with van der Waals surface area (Å²) in [6.07, 6.45) is -1.11. The van der Waals surface area contributed by atoms with Crippen LogP contribution in [0, 0.1) is 5.82 Å². The van der Waals surface area contributed by atoms with Crippen molar-refractivity contribution in [3.63, 3.8) is 0 Å². The summed E-state index contributed by atoms with van der Waals surface area (Å²) < 4.78 is 56.8. The number of nitrogens with zero attached hydrogens (tertiary/aromatic N) is 3. The van der Waals surface area contributed by atoms with E-state index < -0.39 is 23.5 Å². The Morgan fingerprint density at radius 1 is 1.03 bits per heavy atom. The summed E-state index contributed by atoms with van der Waals surface area (Å²) in [4.78, 5) is 17.6. The van der Waals surface area contributed by atoms with Gasteiger partial charge in [0.15, 0.2) is 0 Å². The van der Waals surface area contributed by atoms with Crippen LogP contribution in [0.25, 0.3) is 21.9 Å². The van der Waals surface area contributed by atoms with Crippen molar-refractivity contribution < 1.29 is 22.4 Å². The van der Waals surface area contributed by atoms with Gasteiger partial charge in [0.05, 0.1) is 17.4 Å². The van der Waals surface area contributed by atoms with Gasteiger partial charge in [-0.1, -0.05) is 12.1 Å². The van der Waals surface area contributed by atoms with Gasteiger partial charge in [-0.25, -0.2) is 9.37 Å². The number of amides is 1. The van der Waals surface area contributed by atoms with Gasteiger partial charge in [-0.3, -0.25) is 4.79 Å². The maximum absolute atomic E-state index is 13.8. The molecule has 0 atom stereocenters. The molecule has 0 saturated carbocycles. The van der Waals surface area contributed by atoms with E-state index in [4.69, 9.17) is 0 Å². The van der Waals surface area contributed by atoms with Crippen LogP contribution >= 0.6 is 0 Å². The molecule has 5 nitrogen and oxygen atoms in total. The Hall–Kier alpha value is -4.14. The number of alkyl halides is 3. The quantitative estimate of drug-likeness (QED) is 0.331. The topological polar surface area (TPSA) is 51.9 Å². The van der Waals surface area contributed by atoms with E-state index in [1.165, 1.54) is 36.5 Å². The van der Waals surface area contributed by atoms with Crippen molar-refractivity contribution in [2.75, 3.05) is 5.32 Å². The van der Waals surface area contributed by atoms with E-state index in [0.717, 1.165) is 23.2 Å². The van der Waals surface area contributed by atoms with Crippen molar-refractivity contribution in [2.24, 2.45) is 7.05 Å². The first kappa shape index (κ1) is 21.7. The molecule has 0 bridgehead atoms. The van der Waals surface area contributed by atoms with Crippen LogP contribution in [0.5, 0.6) is 0 Å². The van der Waals surface area contributed by atoms with Crippen molar-refractivity contribution >= 4 is 33.5 Å². The number of fused-ring (bicyclic) bond motifs is 2. The highest BCUT2D eigenvalue weighted by atomic mass is 19.4. The lowest BCUT2D eigenvalue weighted by Gasteiger charge is -2.13. The zero-order valence-corrected chi connectivity index (χ0v) is 17.9. The van der Waals surface area contributed by atoms with Gasteiger partial charge in [-0.2, -0.15) is 13.2 Å². The van der Waals surface area contributed by atoms with E-state index >= 15 is 0 Å². The van der Waals surface area contributed by atoms with E-state index in [0.29, 0.717) is 22.2 Å². The van der Waals surface area contributed by atoms with Crippen molar-refractivity contribution in [3.8, 4) is 0 Å². The molecule has 0 spiro atoms. The molecule has 0 saturated heterocycles. The third kappa shape index (κ3) is 4.00.